The molecule has 1 atom stereocenters. The maximum absolute atomic E-state index is 12.3. The quantitative estimate of drug-likeness (QED) is 0.394. The van der Waals surface area contributed by atoms with Crippen LogP contribution in [0.5, 0.6) is 5.75 Å². The Bertz CT molecular complexity index is 977. The molecule has 0 bridgehead atoms. The summed E-state index contributed by atoms with van der Waals surface area (Å²) in [7, 11) is 0. The lowest BCUT2D eigenvalue weighted by Crippen LogP contribution is -2.47. The van der Waals surface area contributed by atoms with Crippen LogP contribution < -0.4 is 10.1 Å². The zero-order chi connectivity index (χ0) is 18.5. The maximum atomic E-state index is 12.3. The first-order valence-electron chi connectivity index (χ1n) is 8.08. The van der Waals surface area contributed by atoms with E-state index >= 15 is 0 Å². The number of ether oxygens (including phenoxy) is 2. The highest BCUT2D eigenvalue weighted by Gasteiger charge is 2.50. The first-order valence-corrected chi connectivity index (χ1v) is 8.87. The third-order valence-corrected chi connectivity index (χ3v) is 4.92. The van der Waals surface area contributed by atoms with E-state index in [-0.39, 0.29) is 11.3 Å². The molecule has 2 aromatic carbocycles. The van der Waals surface area contributed by atoms with Gasteiger partial charge in [0.25, 0.3) is 0 Å². The minimum atomic E-state index is -1.29. The van der Waals surface area contributed by atoms with Gasteiger partial charge in [0, 0.05) is 6.08 Å². The SMILES string of the molecule is CC1=C[C@]2(Nc3cc(-c4ccccc4)cc(Br)c3O2)C(=C(C)O)C(=O)O1. The van der Waals surface area contributed by atoms with Gasteiger partial charge in [-0.2, -0.15) is 0 Å². The summed E-state index contributed by atoms with van der Waals surface area (Å²) in [5.74, 6) is 0.185. The molecule has 4 rings (SSSR count). The monoisotopic (exact) mass is 413 g/mol. The fraction of sp³-hybridized carbons (Fsp3) is 0.150. The van der Waals surface area contributed by atoms with E-state index in [9.17, 15) is 9.90 Å². The fourth-order valence-corrected chi connectivity index (χ4v) is 3.85. The Hall–Kier alpha value is -2.73. The van der Waals surface area contributed by atoms with Gasteiger partial charge in [0.15, 0.2) is 5.75 Å². The standard InChI is InChI=1S/C20H16BrNO4/c1-11-10-20(17(12(2)23)19(24)25-11)22-16-9-14(8-15(21)18(16)26-20)13-6-4-3-5-7-13/h3-10,22-23H,1-2H3/t20-/m1/s1. The van der Waals surface area contributed by atoms with Crippen molar-refractivity contribution in [1.29, 1.82) is 0 Å². The number of rotatable bonds is 1. The smallest absolute Gasteiger partial charge is 0.349 e. The molecule has 26 heavy (non-hydrogen) atoms. The predicted octanol–water partition coefficient (Wildman–Crippen LogP) is 4.91. The predicted molar refractivity (Wildman–Crippen MR) is 102 cm³/mol. The highest BCUT2D eigenvalue weighted by molar-refractivity contribution is 9.10. The molecule has 132 valence electrons. The van der Waals surface area contributed by atoms with Crippen molar-refractivity contribution in [1.82, 2.24) is 0 Å². The minimum Gasteiger partial charge on any atom is -0.512 e. The van der Waals surface area contributed by atoms with Crippen LogP contribution in [0.1, 0.15) is 13.8 Å². The van der Waals surface area contributed by atoms with Crippen molar-refractivity contribution < 1.29 is 19.4 Å². The fourth-order valence-electron chi connectivity index (χ4n) is 3.31. The molecule has 0 unspecified atom stereocenters. The van der Waals surface area contributed by atoms with Crippen molar-refractivity contribution in [2.75, 3.05) is 5.32 Å². The Balaban J connectivity index is 1.84. The lowest BCUT2D eigenvalue weighted by Gasteiger charge is -2.31. The lowest BCUT2D eigenvalue weighted by atomic mass is 9.98. The highest BCUT2D eigenvalue weighted by atomic mass is 79.9. The molecule has 0 saturated carbocycles. The van der Waals surface area contributed by atoms with E-state index in [0.717, 1.165) is 21.3 Å². The Kier molecular flexibility index (Phi) is 3.80. The first kappa shape index (κ1) is 16.7. The number of hydrogen-bond donors (Lipinski definition) is 2. The van der Waals surface area contributed by atoms with Gasteiger partial charge in [-0.1, -0.05) is 30.3 Å². The molecule has 2 aromatic rings. The van der Waals surface area contributed by atoms with Crippen LogP contribution in [0.3, 0.4) is 0 Å². The van der Waals surface area contributed by atoms with E-state index in [2.05, 4.69) is 21.2 Å². The van der Waals surface area contributed by atoms with E-state index in [0.29, 0.717) is 11.5 Å². The van der Waals surface area contributed by atoms with E-state index < -0.39 is 11.7 Å². The van der Waals surface area contributed by atoms with Gasteiger partial charge in [-0.25, -0.2) is 4.79 Å². The van der Waals surface area contributed by atoms with Gasteiger partial charge >= 0.3 is 5.97 Å². The van der Waals surface area contributed by atoms with Crippen molar-refractivity contribution in [2.45, 2.75) is 19.6 Å². The minimum absolute atomic E-state index is 0.0347. The Labute approximate surface area is 159 Å². The highest BCUT2D eigenvalue weighted by Crippen LogP contribution is 2.49. The molecule has 5 nitrogen and oxygen atoms in total. The molecule has 0 saturated heterocycles. The topological polar surface area (TPSA) is 67.8 Å². The lowest BCUT2D eigenvalue weighted by molar-refractivity contribution is -0.138. The van der Waals surface area contributed by atoms with Gasteiger partial charge in [0.2, 0.25) is 5.72 Å². The number of carbonyl (C=O) groups excluding carboxylic acids is 1. The third kappa shape index (κ3) is 2.57. The summed E-state index contributed by atoms with van der Waals surface area (Å²) >= 11 is 3.55. The van der Waals surface area contributed by atoms with Crippen LogP contribution in [0.2, 0.25) is 0 Å². The number of nitrogens with one attached hydrogen (secondary N) is 1. The van der Waals surface area contributed by atoms with Crippen LogP contribution in [-0.2, 0) is 9.53 Å². The Morgan fingerprint density at radius 2 is 1.92 bits per heavy atom. The van der Waals surface area contributed by atoms with Crippen molar-refractivity contribution in [3.63, 3.8) is 0 Å². The van der Waals surface area contributed by atoms with Gasteiger partial charge in [-0.15, -0.1) is 0 Å². The average molecular weight is 414 g/mol. The second-order valence-electron chi connectivity index (χ2n) is 6.27. The van der Waals surface area contributed by atoms with Gasteiger partial charge in [-0.05, 0) is 53.0 Å². The summed E-state index contributed by atoms with van der Waals surface area (Å²) < 4.78 is 12.0. The molecule has 2 heterocycles. The molecule has 2 N–H and O–H groups in total. The van der Waals surface area contributed by atoms with Gasteiger partial charge in [-0.3, -0.25) is 0 Å². The number of cyclic esters (lactones) is 1. The molecule has 2 aliphatic heterocycles. The van der Waals surface area contributed by atoms with Crippen LogP contribution in [0.4, 0.5) is 5.69 Å². The average Bonchev–Trinajstić information content (AvgIpc) is 2.92. The number of halogens is 1. The normalized spacial score (nSPS) is 22.9. The van der Waals surface area contributed by atoms with Crippen LogP contribution >= 0.6 is 15.9 Å². The van der Waals surface area contributed by atoms with Crippen LogP contribution in [-0.4, -0.2) is 16.8 Å². The zero-order valence-corrected chi connectivity index (χ0v) is 15.8. The van der Waals surface area contributed by atoms with Crippen LogP contribution in [0, 0.1) is 0 Å². The number of anilines is 1. The van der Waals surface area contributed by atoms with E-state index in [1.807, 2.05) is 42.5 Å². The number of aliphatic hydroxyl groups excluding tert-OH is 1. The molecular formula is C20H16BrNO4. The number of benzene rings is 2. The summed E-state index contributed by atoms with van der Waals surface area (Å²) in [6, 6.07) is 13.9. The van der Waals surface area contributed by atoms with Gasteiger partial charge in [0.05, 0.1) is 10.2 Å². The Morgan fingerprint density at radius 3 is 2.62 bits per heavy atom. The second kappa shape index (κ2) is 5.92. The second-order valence-corrected chi connectivity index (χ2v) is 7.12. The molecular weight excluding hydrogens is 398 g/mol. The summed E-state index contributed by atoms with van der Waals surface area (Å²) in [6.07, 6.45) is 1.65. The summed E-state index contributed by atoms with van der Waals surface area (Å²) in [5.41, 5.74) is 1.51. The number of hydrogen-bond acceptors (Lipinski definition) is 5. The van der Waals surface area contributed by atoms with E-state index in [1.165, 1.54) is 6.92 Å². The molecule has 6 heteroatoms. The van der Waals surface area contributed by atoms with Crippen molar-refractivity contribution in [2.24, 2.45) is 0 Å². The summed E-state index contributed by atoms with van der Waals surface area (Å²) in [4.78, 5) is 12.3. The number of allylic oxidation sites excluding steroid dienone is 2. The van der Waals surface area contributed by atoms with E-state index in [1.54, 1.807) is 13.0 Å². The van der Waals surface area contributed by atoms with Gasteiger partial charge < -0.3 is 19.9 Å². The molecule has 0 radical (unpaired) electrons. The molecule has 2 aliphatic rings. The van der Waals surface area contributed by atoms with Crippen LogP contribution in [0.25, 0.3) is 11.1 Å². The molecule has 0 aromatic heterocycles. The van der Waals surface area contributed by atoms with Crippen molar-refractivity contribution >= 4 is 27.6 Å². The van der Waals surface area contributed by atoms with Crippen LogP contribution in [0.15, 0.2) is 70.1 Å². The summed E-state index contributed by atoms with van der Waals surface area (Å²) in [5, 5.41) is 13.3. The number of aliphatic hydroxyl groups is 1. The zero-order valence-electron chi connectivity index (χ0n) is 14.2. The molecule has 0 fully saturated rings. The van der Waals surface area contributed by atoms with Gasteiger partial charge in [0.1, 0.15) is 17.1 Å². The summed E-state index contributed by atoms with van der Waals surface area (Å²) in [6.45, 7) is 3.10. The maximum Gasteiger partial charge on any atom is 0.349 e. The molecule has 0 amide bonds. The first-order chi connectivity index (χ1) is 12.4. The van der Waals surface area contributed by atoms with Crippen molar-refractivity contribution in [3.8, 4) is 16.9 Å². The number of carbonyl (C=O) groups is 1. The number of fused-ring (bicyclic) bond motifs is 1. The number of esters is 1. The van der Waals surface area contributed by atoms with E-state index in [4.69, 9.17) is 9.47 Å². The third-order valence-electron chi connectivity index (χ3n) is 4.33. The largest absolute Gasteiger partial charge is 0.512 e. The Morgan fingerprint density at radius 1 is 1.19 bits per heavy atom. The molecule has 0 aliphatic carbocycles. The molecule has 1 spiro atoms. The van der Waals surface area contributed by atoms with Crippen molar-refractivity contribution in [3.05, 3.63) is 70.1 Å².